The van der Waals surface area contributed by atoms with Gasteiger partial charge in [-0.05, 0) is 36.8 Å². The van der Waals surface area contributed by atoms with Crippen molar-refractivity contribution in [2.75, 3.05) is 0 Å². The maximum absolute atomic E-state index is 12.6. The van der Waals surface area contributed by atoms with Crippen molar-refractivity contribution in [1.82, 2.24) is 0 Å². The molecular weight excluding hydrogens is 223 g/mol. The summed E-state index contributed by atoms with van der Waals surface area (Å²) in [6.07, 6.45) is 10.9. The predicted octanol–water partition coefficient (Wildman–Crippen LogP) is 4.25. The van der Waals surface area contributed by atoms with E-state index in [2.05, 4.69) is 6.08 Å². The van der Waals surface area contributed by atoms with Gasteiger partial charge in [0.15, 0.2) is 0 Å². The van der Waals surface area contributed by atoms with E-state index in [1.54, 1.807) is 12.1 Å². The van der Waals surface area contributed by atoms with E-state index in [1.807, 2.05) is 24.3 Å². The van der Waals surface area contributed by atoms with Gasteiger partial charge in [0.25, 0.3) is 0 Å². The van der Waals surface area contributed by atoms with E-state index in [1.165, 1.54) is 24.2 Å². The molecule has 1 aromatic rings. The Labute approximate surface area is 98.5 Å². The van der Waals surface area contributed by atoms with Gasteiger partial charge in [-0.25, -0.2) is 4.39 Å². The van der Waals surface area contributed by atoms with Crippen LogP contribution in [0.15, 0.2) is 59.6 Å². The number of allylic oxidation sites excluding steroid dienone is 6. The van der Waals surface area contributed by atoms with Gasteiger partial charge < -0.3 is 4.18 Å². The van der Waals surface area contributed by atoms with E-state index in [0.29, 0.717) is 5.75 Å². The molecule has 0 unspecified atom stereocenters. The largest absolute Gasteiger partial charge is 0.421 e. The van der Waals surface area contributed by atoms with Crippen LogP contribution in [0.25, 0.3) is 0 Å². The molecule has 1 aliphatic carbocycles. The van der Waals surface area contributed by atoms with Crippen LogP contribution in [-0.4, -0.2) is 0 Å². The van der Waals surface area contributed by atoms with Gasteiger partial charge >= 0.3 is 0 Å². The molecule has 2 rings (SSSR count). The highest BCUT2D eigenvalue weighted by atomic mass is 32.2. The second-order valence-corrected chi connectivity index (χ2v) is 4.13. The molecule has 82 valence electrons. The Morgan fingerprint density at radius 2 is 1.88 bits per heavy atom. The Bertz CT molecular complexity index is 432. The lowest BCUT2D eigenvalue weighted by Gasteiger charge is -2.04. The van der Waals surface area contributed by atoms with Gasteiger partial charge in [-0.1, -0.05) is 24.3 Å². The predicted molar refractivity (Wildman–Crippen MR) is 65.6 cm³/mol. The number of benzene rings is 1. The molecule has 0 aliphatic heterocycles. The minimum Gasteiger partial charge on any atom is -0.421 e. The molecule has 0 saturated carbocycles. The normalized spacial score (nSPS) is 14.4. The van der Waals surface area contributed by atoms with Crippen LogP contribution in [0.5, 0.6) is 5.75 Å². The quantitative estimate of drug-likeness (QED) is 0.723. The minimum absolute atomic E-state index is 0.253. The molecule has 1 aromatic carbocycles. The zero-order valence-electron chi connectivity index (χ0n) is 8.60. The third kappa shape index (κ3) is 3.28. The molecular formula is C13H11FOS. The Morgan fingerprint density at radius 1 is 1.06 bits per heavy atom. The van der Waals surface area contributed by atoms with E-state index >= 15 is 0 Å². The van der Waals surface area contributed by atoms with Crippen LogP contribution in [-0.2, 0) is 0 Å². The molecule has 3 heteroatoms. The number of halogens is 1. The van der Waals surface area contributed by atoms with Gasteiger partial charge in [-0.2, -0.15) is 0 Å². The Hall–Kier alpha value is -1.48. The van der Waals surface area contributed by atoms with E-state index in [4.69, 9.17) is 4.18 Å². The van der Waals surface area contributed by atoms with Crippen LogP contribution in [0, 0.1) is 5.82 Å². The SMILES string of the molecule is Fc1ccc(OSC2=CC=CC=CC2)cc1. The summed E-state index contributed by atoms with van der Waals surface area (Å²) in [4.78, 5) is 1.12. The fraction of sp³-hybridized carbons (Fsp3) is 0.0769. The summed E-state index contributed by atoms with van der Waals surface area (Å²) in [5.41, 5.74) is 0. The first kappa shape index (κ1) is 11.0. The van der Waals surface area contributed by atoms with Crippen LogP contribution < -0.4 is 4.18 Å². The molecule has 0 aromatic heterocycles. The molecule has 0 heterocycles. The summed E-state index contributed by atoms with van der Waals surface area (Å²) in [5, 5.41) is 0. The average Bonchev–Trinajstić information content (AvgIpc) is 2.57. The lowest BCUT2D eigenvalue weighted by molar-refractivity contribution is 0.614. The van der Waals surface area contributed by atoms with Crippen molar-refractivity contribution in [2.45, 2.75) is 6.42 Å². The molecule has 16 heavy (non-hydrogen) atoms. The maximum atomic E-state index is 12.6. The summed E-state index contributed by atoms with van der Waals surface area (Å²) in [6.45, 7) is 0. The minimum atomic E-state index is -0.253. The average molecular weight is 234 g/mol. The fourth-order valence-corrected chi connectivity index (χ4v) is 1.82. The molecule has 0 spiro atoms. The van der Waals surface area contributed by atoms with Gasteiger partial charge in [-0.15, -0.1) is 0 Å². The van der Waals surface area contributed by atoms with Crippen molar-refractivity contribution in [1.29, 1.82) is 0 Å². The van der Waals surface area contributed by atoms with Gasteiger partial charge in [0, 0.05) is 4.91 Å². The van der Waals surface area contributed by atoms with Crippen molar-refractivity contribution in [3.63, 3.8) is 0 Å². The fourth-order valence-electron chi connectivity index (χ4n) is 1.21. The summed E-state index contributed by atoms with van der Waals surface area (Å²) < 4.78 is 18.1. The first-order valence-electron chi connectivity index (χ1n) is 4.97. The second-order valence-electron chi connectivity index (χ2n) is 3.27. The lowest BCUT2D eigenvalue weighted by atomic mass is 10.3. The van der Waals surface area contributed by atoms with Crippen LogP contribution in [0.1, 0.15) is 6.42 Å². The third-order valence-electron chi connectivity index (χ3n) is 2.02. The molecule has 1 nitrogen and oxygen atoms in total. The van der Waals surface area contributed by atoms with Crippen molar-refractivity contribution >= 4 is 12.0 Å². The number of hydrogen-bond acceptors (Lipinski definition) is 2. The molecule has 0 radical (unpaired) electrons. The van der Waals surface area contributed by atoms with Crippen LogP contribution in [0.3, 0.4) is 0 Å². The molecule has 0 amide bonds. The Morgan fingerprint density at radius 3 is 2.69 bits per heavy atom. The smallest absolute Gasteiger partial charge is 0.138 e. The summed E-state index contributed by atoms with van der Waals surface area (Å²) in [7, 11) is 0. The monoisotopic (exact) mass is 234 g/mol. The van der Waals surface area contributed by atoms with E-state index in [9.17, 15) is 4.39 Å². The van der Waals surface area contributed by atoms with E-state index in [-0.39, 0.29) is 5.82 Å². The molecule has 0 fully saturated rings. The van der Waals surface area contributed by atoms with Crippen molar-refractivity contribution in [2.24, 2.45) is 0 Å². The molecule has 1 aliphatic rings. The molecule has 0 saturated heterocycles. The van der Waals surface area contributed by atoms with Crippen molar-refractivity contribution in [3.05, 3.63) is 65.4 Å². The van der Waals surface area contributed by atoms with Gasteiger partial charge in [-0.3, -0.25) is 0 Å². The third-order valence-corrected chi connectivity index (χ3v) is 2.81. The van der Waals surface area contributed by atoms with E-state index in [0.717, 1.165) is 11.3 Å². The highest BCUT2D eigenvalue weighted by molar-refractivity contribution is 7.98. The number of hydrogen-bond donors (Lipinski definition) is 0. The zero-order valence-corrected chi connectivity index (χ0v) is 9.41. The summed E-state index contributed by atoms with van der Waals surface area (Å²) in [6, 6.07) is 6.00. The highest BCUT2D eigenvalue weighted by Crippen LogP contribution is 2.25. The van der Waals surface area contributed by atoms with E-state index < -0.39 is 0 Å². The Kier molecular flexibility index (Phi) is 3.83. The first-order chi connectivity index (χ1) is 7.84. The maximum Gasteiger partial charge on any atom is 0.138 e. The van der Waals surface area contributed by atoms with Gasteiger partial charge in [0.1, 0.15) is 11.6 Å². The molecule has 0 N–H and O–H groups in total. The van der Waals surface area contributed by atoms with Crippen LogP contribution in [0.2, 0.25) is 0 Å². The van der Waals surface area contributed by atoms with Crippen LogP contribution >= 0.6 is 12.0 Å². The standard InChI is InChI=1S/C13H11FOS/c14-11-7-9-12(10-8-11)15-16-13-5-3-1-2-4-6-13/h1-5,7-10H,6H2. The first-order valence-corrected chi connectivity index (χ1v) is 5.71. The number of rotatable bonds is 3. The topological polar surface area (TPSA) is 9.23 Å². The summed E-state index contributed by atoms with van der Waals surface area (Å²) in [5.74, 6) is 0.404. The van der Waals surface area contributed by atoms with Crippen molar-refractivity contribution in [3.8, 4) is 5.75 Å². The zero-order chi connectivity index (χ0) is 11.2. The highest BCUT2D eigenvalue weighted by Gasteiger charge is 2.00. The molecule has 0 bridgehead atoms. The van der Waals surface area contributed by atoms with Gasteiger partial charge in [0.05, 0.1) is 12.0 Å². The van der Waals surface area contributed by atoms with Crippen molar-refractivity contribution < 1.29 is 8.57 Å². The van der Waals surface area contributed by atoms with Crippen LogP contribution in [0.4, 0.5) is 4.39 Å². The second kappa shape index (κ2) is 5.56. The summed E-state index contributed by atoms with van der Waals surface area (Å²) >= 11 is 1.31. The molecule has 0 atom stereocenters. The lowest BCUT2D eigenvalue weighted by Crippen LogP contribution is -1.84. The Balaban J connectivity index is 1.92. The van der Waals surface area contributed by atoms with Gasteiger partial charge in [0.2, 0.25) is 0 Å².